The standard InChI is InChI=1S/C38H34N2/c1-23-13-25(3)37(26(4)14-23)31-17-33(29-9-7-11-39-21-29)36-20-32(38-27(5)15-24(2)16-28(38)6)18-34(35(36)19-31)30-10-8-12-40-22-30/h7-22H,1-6H3. The summed E-state index contributed by atoms with van der Waals surface area (Å²) < 4.78 is 0. The van der Waals surface area contributed by atoms with Gasteiger partial charge in [-0.1, -0.05) is 47.5 Å². The molecule has 2 heteroatoms. The van der Waals surface area contributed by atoms with Crippen LogP contribution in [0.2, 0.25) is 0 Å². The maximum atomic E-state index is 4.51. The van der Waals surface area contributed by atoms with Gasteiger partial charge in [-0.3, -0.25) is 9.97 Å². The second-order valence-electron chi connectivity index (χ2n) is 11.2. The second-order valence-corrected chi connectivity index (χ2v) is 11.2. The number of rotatable bonds is 4. The Balaban J connectivity index is 1.77. The highest BCUT2D eigenvalue weighted by molar-refractivity contribution is 6.09. The quantitative estimate of drug-likeness (QED) is 0.232. The van der Waals surface area contributed by atoms with E-state index in [0.717, 1.165) is 11.1 Å². The Bertz CT molecular complexity index is 1700. The molecule has 0 amide bonds. The van der Waals surface area contributed by atoms with Gasteiger partial charge in [0.2, 0.25) is 0 Å². The molecule has 6 rings (SSSR count). The van der Waals surface area contributed by atoms with E-state index >= 15 is 0 Å². The highest BCUT2D eigenvalue weighted by Gasteiger charge is 2.18. The maximum absolute atomic E-state index is 4.51. The number of nitrogens with zero attached hydrogens (tertiary/aromatic N) is 2. The minimum Gasteiger partial charge on any atom is -0.264 e. The van der Waals surface area contributed by atoms with E-state index in [1.54, 1.807) is 0 Å². The fourth-order valence-corrected chi connectivity index (χ4v) is 6.54. The number of fused-ring (bicyclic) bond motifs is 1. The average molecular weight is 519 g/mol. The first-order chi connectivity index (χ1) is 19.3. The first-order valence-corrected chi connectivity index (χ1v) is 13.9. The van der Waals surface area contributed by atoms with Crippen molar-refractivity contribution in [1.82, 2.24) is 9.97 Å². The van der Waals surface area contributed by atoms with Gasteiger partial charge < -0.3 is 0 Å². The van der Waals surface area contributed by atoms with Gasteiger partial charge in [0.05, 0.1) is 0 Å². The Hall–Kier alpha value is -4.56. The first-order valence-electron chi connectivity index (χ1n) is 13.9. The zero-order valence-corrected chi connectivity index (χ0v) is 24.1. The number of aryl methyl sites for hydroxylation is 6. The van der Waals surface area contributed by atoms with Gasteiger partial charge in [-0.2, -0.15) is 0 Å². The lowest BCUT2D eigenvalue weighted by molar-refractivity contribution is 1.31. The summed E-state index contributed by atoms with van der Waals surface area (Å²) in [6.45, 7) is 13.2. The van der Waals surface area contributed by atoms with Crippen LogP contribution >= 0.6 is 0 Å². The lowest BCUT2D eigenvalue weighted by Crippen LogP contribution is -1.95. The molecule has 0 N–H and O–H groups in total. The highest BCUT2D eigenvalue weighted by atomic mass is 14.6. The van der Waals surface area contributed by atoms with Crippen LogP contribution in [0.3, 0.4) is 0 Å². The highest BCUT2D eigenvalue weighted by Crippen LogP contribution is 2.43. The van der Waals surface area contributed by atoms with Crippen molar-refractivity contribution in [3.63, 3.8) is 0 Å². The van der Waals surface area contributed by atoms with E-state index in [-0.39, 0.29) is 0 Å². The molecule has 0 saturated carbocycles. The van der Waals surface area contributed by atoms with Crippen molar-refractivity contribution >= 4 is 10.8 Å². The molecule has 0 unspecified atom stereocenters. The van der Waals surface area contributed by atoms with Crippen LogP contribution in [0.5, 0.6) is 0 Å². The topological polar surface area (TPSA) is 25.8 Å². The molecule has 0 atom stereocenters. The number of hydrogen-bond acceptors (Lipinski definition) is 2. The van der Waals surface area contributed by atoms with Crippen LogP contribution in [-0.4, -0.2) is 9.97 Å². The molecule has 196 valence electrons. The SMILES string of the molecule is Cc1cc(C)c(-c2cc(-c3cccnc3)c3cc(-c4c(C)cc(C)cc4C)cc(-c4cccnc4)c3c2)c(C)c1. The molecule has 0 bridgehead atoms. The summed E-state index contributed by atoms with van der Waals surface area (Å²) in [6.07, 6.45) is 7.64. The Kier molecular flexibility index (Phi) is 6.56. The smallest absolute Gasteiger partial charge is 0.0346 e. The minimum absolute atomic E-state index is 1.11. The van der Waals surface area contributed by atoms with Gasteiger partial charge in [0, 0.05) is 35.9 Å². The van der Waals surface area contributed by atoms with Crippen LogP contribution in [0.4, 0.5) is 0 Å². The van der Waals surface area contributed by atoms with E-state index < -0.39 is 0 Å². The summed E-state index contributed by atoms with van der Waals surface area (Å²) in [7, 11) is 0. The van der Waals surface area contributed by atoms with Crippen molar-refractivity contribution in [3.05, 3.63) is 131 Å². The van der Waals surface area contributed by atoms with Crippen molar-refractivity contribution in [2.75, 3.05) is 0 Å². The average Bonchev–Trinajstić information content (AvgIpc) is 2.92. The van der Waals surface area contributed by atoms with Crippen LogP contribution in [0.1, 0.15) is 33.4 Å². The number of benzene rings is 4. The van der Waals surface area contributed by atoms with E-state index in [1.165, 1.54) is 77.5 Å². The van der Waals surface area contributed by atoms with Gasteiger partial charge in [-0.25, -0.2) is 0 Å². The minimum atomic E-state index is 1.11. The van der Waals surface area contributed by atoms with Gasteiger partial charge in [-0.05, 0) is 144 Å². The van der Waals surface area contributed by atoms with Crippen LogP contribution in [0.15, 0.2) is 97.6 Å². The van der Waals surface area contributed by atoms with Crippen molar-refractivity contribution in [2.45, 2.75) is 41.5 Å². The predicted molar refractivity (Wildman–Crippen MR) is 170 cm³/mol. The Morgan fingerprint density at radius 3 is 1.12 bits per heavy atom. The van der Waals surface area contributed by atoms with Gasteiger partial charge >= 0.3 is 0 Å². The van der Waals surface area contributed by atoms with Gasteiger partial charge in [0.1, 0.15) is 0 Å². The molecule has 0 radical (unpaired) electrons. The molecule has 0 aliphatic carbocycles. The second kappa shape index (κ2) is 10.2. The third kappa shape index (κ3) is 4.60. The lowest BCUT2D eigenvalue weighted by atomic mass is 9.84. The molecule has 6 aromatic rings. The van der Waals surface area contributed by atoms with Crippen molar-refractivity contribution in [1.29, 1.82) is 0 Å². The zero-order chi connectivity index (χ0) is 28.0. The predicted octanol–water partition coefficient (Wildman–Crippen LogP) is 10.1. The molecule has 40 heavy (non-hydrogen) atoms. The molecular weight excluding hydrogens is 484 g/mol. The summed E-state index contributed by atoms with van der Waals surface area (Å²) >= 11 is 0. The first kappa shape index (κ1) is 25.7. The summed E-state index contributed by atoms with van der Waals surface area (Å²) in [5.74, 6) is 0. The van der Waals surface area contributed by atoms with Crippen molar-refractivity contribution in [3.8, 4) is 44.5 Å². The molecule has 4 aromatic carbocycles. The molecule has 2 nitrogen and oxygen atoms in total. The van der Waals surface area contributed by atoms with E-state index in [4.69, 9.17) is 0 Å². The van der Waals surface area contributed by atoms with Gasteiger partial charge in [-0.15, -0.1) is 0 Å². The summed E-state index contributed by atoms with van der Waals surface area (Å²) in [4.78, 5) is 9.01. The van der Waals surface area contributed by atoms with Crippen molar-refractivity contribution in [2.24, 2.45) is 0 Å². The van der Waals surface area contributed by atoms with Crippen molar-refractivity contribution < 1.29 is 0 Å². The van der Waals surface area contributed by atoms with Crippen LogP contribution < -0.4 is 0 Å². The van der Waals surface area contributed by atoms with E-state index in [2.05, 4.69) is 112 Å². The fourth-order valence-electron chi connectivity index (χ4n) is 6.54. The zero-order valence-electron chi connectivity index (χ0n) is 24.1. The molecule has 0 aliphatic heterocycles. The number of pyridine rings is 2. The van der Waals surface area contributed by atoms with E-state index in [0.29, 0.717) is 0 Å². The number of hydrogen-bond donors (Lipinski definition) is 0. The molecule has 0 fully saturated rings. The molecular formula is C38H34N2. The van der Waals surface area contributed by atoms with E-state index in [1.807, 2.05) is 36.9 Å². The summed E-state index contributed by atoms with van der Waals surface area (Å²) in [5, 5.41) is 2.43. The third-order valence-corrected chi connectivity index (χ3v) is 7.95. The Morgan fingerprint density at radius 1 is 0.425 bits per heavy atom. The summed E-state index contributed by atoms with van der Waals surface area (Å²) in [6, 6.07) is 27.0. The molecule has 0 saturated heterocycles. The molecule has 2 heterocycles. The lowest BCUT2D eigenvalue weighted by Gasteiger charge is -2.20. The monoisotopic (exact) mass is 518 g/mol. The van der Waals surface area contributed by atoms with Crippen LogP contribution in [-0.2, 0) is 0 Å². The molecule has 2 aromatic heterocycles. The van der Waals surface area contributed by atoms with E-state index in [9.17, 15) is 0 Å². The van der Waals surface area contributed by atoms with Crippen LogP contribution in [0, 0.1) is 41.5 Å². The number of aromatic nitrogens is 2. The Morgan fingerprint density at radius 2 is 0.800 bits per heavy atom. The maximum Gasteiger partial charge on any atom is 0.0346 e. The molecule has 0 aliphatic rings. The molecule has 0 spiro atoms. The van der Waals surface area contributed by atoms with Crippen LogP contribution in [0.25, 0.3) is 55.3 Å². The normalized spacial score (nSPS) is 11.2. The fraction of sp³-hybridized carbons (Fsp3) is 0.158. The van der Waals surface area contributed by atoms with Gasteiger partial charge in [0.15, 0.2) is 0 Å². The third-order valence-electron chi connectivity index (χ3n) is 7.95. The largest absolute Gasteiger partial charge is 0.264 e. The van der Waals surface area contributed by atoms with Gasteiger partial charge in [0.25, 0.3) is 0 Å². The Labute approximate surface area is 237 Å². The summed E-state index contributed by atoms with van der Waals surface area (Å²) in [5.41, 5.74) is 17.4.